The van der Waals surface area contributed by atoms with Gasteiger partial charge in [0.1, 0.15) is 6.61 Å². The Balaban J connectivity index is 1.55. The first-order valence-corrected chi connectivity index (χ1v) is 8.11. The van der Waals surface area contributed by atoms with Gasteiger partial charge in [0, 0.05) is 6.54 Å². The molecule has 0 heterocycles. The molecule has 0 aromatic heterocycles. The van der Waals surface area contributed by atoms with E-state index >= 15 is 0 Å². The van der Waals surface area contributed by atoms with Crippen molar-refractivity contribution in [2.24, 2.45) is 0 Å². The fraction of sp³-hybridized carbons (Fsp3) is 0.316. The Morgan fingerprint density at radius 3 is 2.33 bits per heavy atom. The van der Waals surface area contributed by atoms with E-state index < -0.39 is 0 Å². The number of rotatable bonds is 9. The molecule has 2 aromatic rings. The Labute approximate surface area is 143 Å². The first-order valence-electron chi connectivity index (χ1n) is 8.11. The number of aryl methyl sites for hydroxylation is 1. The molecule has 0 atom stereocenters. The third-order valence-corrected chi connectivity index (χ3v) is 3.48. The zero-order valence-corrected chi connectivity index (χ0v) is 14.0. The largest absolute Gasteiger partial charge is 0.493 e. The molecule has 0 radical (unpaired) electrons. The van der Waals surface area contributed by atoms with Gasteiger partial charge in [0.15, 0.2) is 11.5 Å². The van der Waals surface area contributed by atoms with Gasteiger partial charge in [0.05, 0.1) is 13.7 Å². The first-order chi connectivity index (χ1) is 11.8. The van der Waals surface area contributed by atoms with Crippen molar-refractivity contribution in [1.29, 1.82) is 0 Å². The van der Waals surface area contributed by atoms with E-state index in [4.69, 9.17) is 9.47 Å². The Kier molecular flexibility index (Phi) is 7.47. The normalized spacial score (nSPS) is 10.0. The van der Waals surface area contributed by atoms with E-state index in [2.05, 4.69) is 22.8 Å². The zero-order valence-electron chi connectivity index (χ0n) is 14.0. The Morgan fingerprint density at radius 1 is 0.917 bits per heavy atom. The summed E-state index contributed by atoms with van der Waals surface area (Å²) in [6, 6.07) is 17.5. The topological polar surface area (TPSA) is 59.6 Å². The van der Waals surface area contributed by atoms with Gasteiger partial charge in [0.25, 0.3) is 0 Å². The van der Waals surface area contributed by atoms with Gasteiger partial charge >= 0.3 is 6.03 Å². The van der Waals surface area contributed by atoms with Crippen LogP contribution in [0.2, 0.25) is 0 Å². The van der Waals surface area contributed by atoms with Crippen LogP contribution in [0.5, 0.6) is 11.5 Å². The van der Waals surface area contributed by atoms with Crippen molar-refractivity contribution in [3.63, 3.8) is 0 Å². The SMILES string of the molecule is COc1ccccc1OCCNC(=O)NCCCc1ccccc1. The van der Waals surface area contributed by atoms with Crippen molar-refractivity contribution < 1.29 is 14.3 Å². The van der Waals surface area contributed by atoms with Crippen molar-refractivity contribution in [3.8, 4) is 11.5 Å². The highest BCUT2D eigenvalue weighted by molar-refractivity contribution is 5.73. The molecule has 0 aliphatic carbocycles. The number of ether oxygens (including phenoxy) is 2. The van der Waals surface area contributed by atoms with Gasteiger partial charge < -0.3 is 20.1 Å². The van der Waals surface area contributed by atoms with Gasteiger partial charge in [-0.05, 0) is 30.5 Å². The number of urea groups is 1. The molecule has 0 fully saturated rings. The molecule has 0 aliphatic heterocycles. The molecule has 0 saturated carbocycles. The van der Waals surface area contributed by atoms with Crippen LogP contribution < -0.4 is 20.1 Å². The van der Waals surface area contributed by atoms with E-state index in [0.29, 0.717) is 31.2 Å². The number of carbonyl (C=O) groups excluding carboxylic acids is 1. The van der Waals surface area contributed by atoms with E-state index in [0.717, 1.165) is 12.8 Å². The second-order valence-corrected chi connectivity index (χ2v) is 5.27. The van der Waals surface area contributed by atoms with E-state index in [-0.39, 0.29) is 6.03 Å². The molecule has 0 spiro atoms. The van der Waals surface area contributed by atoms with E-state index in [1.165, 1.54) is 5.56 Å². The van der Waals surface area contributed by atoms with Crippen LogP contribution in [0.1, 0.15) is 12.0 Å². The lowest BCUT2D eigenvalue weighted by molar-refractivity contribution is 0.235. The smallest absolute Gasteiger partial charge is 0.314 e. The van der Waals surface area contributed by atoms with Crippen LogP contribution in [0.4, 0.5) is 4.79 Å². The molecule has 2 amide bonds. The molecule has 0 saturated heterocycles. The van der Waals surface area contributed by atoms with E-state index in [1.54, 1.807) is 7.11 Å². The minimum atomic E-state index is -0.174. The van der Waals surface area contributed by atoms with Crippen molar-refractivity contribution in [2.75, 3.05) is 26.8 Å². The van der Waals surface area contributed by atoms with Gasteiger partial charge in [-0.15, -0.1) is 0 Å². The molecule has 0 aliphatic rings. The van der Waals surface area contributed by atoms with Gasteiger partial charge in [-0.3, -0.25) is 0 Å². The molecule has 0 unspecified atom stereocenters. The highest BCUT2D eigenvalue weighted by atomic mass is 16.5. The van der Waals surface area contributed by atoms with Gasteiger partial charge in [0.2, 0.25) is 0 Å². The Morgan fingerprint density at radius 2 is 1.58 bits per heavy atom. The highest BCUT2D eigenvalue weighted by Crippen LogP contribution is 2.25. The van der Waals surface area contributed by atoms with Gasteiger partial charge in [-0.2, -0.15) is 0 Å². The number of para-hydroxylation sites is 2. The van der Waals surface area contributed by atoms with Crippen LogP contribution in [0.25, 0.3) is 0 Å². The second-order valence-electron chi connectivity index (χ2n) is 5.27. The molecule has 24 heavy (non-hydrogen) atoms. The van der Waals surface area contributed by atoms with Crippen molar-refractivity contribution in [3.05, 3.63) is 60.2 Å². The Bertz CT molecular complexity index is 617. The van der Waals surface area contributed by atoms with Crippen LogP contribution >= 0.6 is 0 Å². The van der Waals surface area contributed by atoms with Crippen LogP contribution in [-0.4, -0.2) is 32.8 Å². The standard InChI is InChI=1S/C19H24N2O3/c1-23-17-11-5-6-12-18(17)24-15-14-21-19(22)20-13-7-10-16-8-3-2-4-9-16/h2-6,8-9,11-12H,7,10,13-15H2,1H3,(H2,20,21,22). The fourth-order valence-corrected chi connectivity index (χ4v) is 2.27. The summed E-state index contributed by atoms with van der Waals surface area (Å²) in [5.41, 5.74) is 1.28. The average Bonchev–Trinajstić information content (AvgIpc) is 2.63. The first kappa shape index (κ1) is 17.7. The van der Waals surface area contributed by atoms with Crippen molar-refractivity contribution >= 4 is 6.03 Å². The number of benzene rings is 2. The lowest BCUT2D eigenvalue weighted by Crippen LogP contribution is -2.38. The maximum absolute atomic E-state index is 11.7. The number of nitrogens with one attached hydrogen (secondary N) is 2. The molecule has 2 aromatic carbocycles. The second kappa shape index (κ2) is 10.2. The van der Waals surface area contributed by atoms with Crippen LogP contribution in [-0.2, 0) is 6.42 Å². The highest BCUT2D eigenvalue weighted by Gasteiger charge is 2.03. The molecule has 128 valence electrons. The third kappa shape index (κ3) is 6.20. The predicted octanol–water partition coefficient (Wildman–Crippen LogP) is 3.01. The summed E-state index contributed by atoms with van der Waals surface area (Å²) >= 11 is 0. The summed E-state index contributed by atoms with van der Waals surface area (Å²) in [7, 11) is 1.60. The van der Waals surface area contributed by atoms with Gasteiger partial charge in [-0.1, -0.05) is 42.5 Å². The molecule has 5 heteroatoms. The summed E-state index contributed by atoms with van der Waals surface area (Å²) in [4.78, 5) is 11.7. The summed E-state index contributed by atoms with van der Waals surface area (Å²) in [5, 5.41) is 5.62. The molecule has 5 nitrogen and oxygen atoms in total. The van der Waals surface area contributed by atoms with Gasteiger partial charge in [-0.25, -0.2) is 4.79 Å². The lowest BCUT2D eigenvalue weighted by Gasteiger charge is -2.11. The quantitative estimate of drug-likeness (QED) is 0.696. The van der Waals surface area contributed by atoms with Crippen molar-refractivity contribution in [1.82, 2.24) is 10.6 Å². The minimum Gasteiger partial charge on any atom is -0.493 e. The Hall–Kier alpha value is -2.69. The minimum absolute atomic E-state index is 0.174. The fourth-order valence-electron chi connectivity index (χ4n) is 2.27. The summed E-state index contributed by atoms with van der Waals surface area (Å²) < 4.78 is 10.8. The van der Waals surface area contributed by atoms with Crippen LogP contribution in [0, 0.1) is 0 Å². The maximum Gasteiger partial charge on any atom is 0.314 e. The summed E-state index contributed by atoms with van der Waals surface area (Å²) in [6.07, 6.45) is 1.87. The molecule has 2 rings (SSSR count). The number of carbonyl (C=O) groups is 1. The van der Waals surface area contributed by atoms with Crippen molar-refractivity contribution in [2.45, 2.75) is 12.8 Å². The summed E-state index contributed by atoms with van der Waals surface area (Å²) in [5.74, 6) is 1.35. The zero-order chi connectivity index (χ0) is 17.0. The molecule has 0 bridgehead atoms. The number of hydrogen-bond acceptors (Lipinski definition) is 3. The van der Waals surface area contributed by atoms with E-state index in [1.807, 2.05) is 42.5 Å². The maximum atomic E-state index is 11.7. The average molecular weight is 328 g/mol. The predicted molar refractivity (Wildman–Crippen MR) is 94.7 cm³/mol. The van der Waals surface area contributed by atoms with Crippen LogP contribution in [0.3, 0.4) is 0 Å². The third-order valence-electron chi connectivity index (χ3n) is 3.48. The number of hydrogen-bond donors (Lipinski definition) is 2. The molecular formula is C19H24N2O3. The summed E-state index contributed by atoms with van der Waals surface area (Å²) in [6.45, 7) is 1.47. The number of amides is 2. The van der Waals surface area contributed by atoms with E-state index in [9.17, 15) is 4.79 Å². The molecule has 2 N–H and O–H groups in total. The lowest BCUT2D eigenvalue weighted by atomic mass is 10.1. The monoisotopic (exact) mass is 328 g/mol. The molecular weight excluding hydrogens is 304 g/mol. The number of methoxy groups -OCH3 is 1. The van der Waals surface area contributed by atoms with Crippen LogP contribution in [0.15, 0.2) is 54.6 Å².